The molecule has 5 rings (SSSR count). The molecule has 3 amide bonds. The third-order valence-electron chi connectivity index (χ3n) is 7.14. The van der Waals surface area contributed by atoms with E-state index in [0.29, 0.717) is 48.6 Å². The Morgan fingerprint density at radius 2 is 1.34 bits per heavy atom. The molecular formula is C30H31FN4O3. The molecule has 1 N–H and O–H groups in total. The fourth-order valence-electron chi connectivity index (χ4n) is 5.08. The fourth-order valence-corrected chi connectivity index (χ4v) is 5.08. The minimum atomic E-state index is -0.435. The van der Waals surface area contributed by atoms with Gasteiger partial charge in [0, 0.05) is 61.8 Å². The molecule has 2 aliphatic rings. The number of likely N-dealkylation sites (tertiary alicyclic amines) is 1. The highest BCUT2D eigenvalue weighted by atomic mass is 19.1. The smallest absolute Gasteiger partial charge is 0.256 e. The summed E-state index contributed by atoms with van der Waals surface area (Å²) in [5.74, 6) is -0.921. The van der Waals surface area contributed by atoms with E-state index in [0.717, 1.165) is 38.0 Å². The van der Waals surface area contributed by atoms with Crippen LogP contribution in [0.2, 0.25) is 0 Å². The molecule has 0 aromatic heterocycles. The van der Waals surface area contributed by atoms with Crippen LogP contribution in [0.5, 0.6) is 0 Å². The van der Waals surface area contributed by atoms with Gasteiger partial charge in [0.05, 0.1) is 5.56 Å². The molecule has 38 heavy (non-hydrogen) atoms. The summed E-state index contributed by atoms with van der Waals surface area (Å²) in [6, 6.07) is 20.1. The zero-order valence-electron chi connectivity index (χ0n) is 21.2. The quantitative estimate of drug-likeness (QED) is 0.537. The van der Waals surface area contributed by atoms with Crippen molar-refractivity contribution in [3.8, 4) is 0 Å². The summed E-state index contributed by atoms with van der Waals surface area (Å²) < 4.78 is 13.6. The monoisotopic (exact) mass is 514 g/mol. The summed E-state index contributed by atoms with van der Waals surface area (Å²) in [6.45, 7) is 3.43. The van der Waals surface area contributed by atoms with Crippen LogP contribution in [0.4, 0.5) is 15.8 Å². The van der Waals surface area contributed by atoms with Crippen LogP contribution in [0.25, 0.3) is 0 Å². The third kappa shape index (κ3) is 5.69. The highest BCUT2D eigenvalue weighted by Gasteiger charge is 2.27. The lowest BCUT2D eigenvalue weighted by molar-refractivity contribution is 0.0718. The normalized spacial score (nSPS) is 15.8. The van der Waals surface area contributed by atoms with Gasteiger partial charge in [-0.05, 0) is 67.8 Å². The number of benzene rings is 3. The first kappa shape index (κ1) is 25.4. The van der Waals surface area contributed by atoms with Gasteiger partial charge >= 0.3 is 0 Å². The average Bonchev–Trinajstić information content (AvgIpc) is 2.97. The SMILES string of the molecule is O=C(Nc1ccc(N2CCN(C(=O)c3cccc(F)c3)CC2)c(C(=O)N2CCCCC2)c1)c1ccccc1. The number of carbonyl (C=O) groups is 3. The van der Waals surface area contributed by atoms with Crippen molar-refractivity contribution in [3.05, 3.63) is 95.3 Å². The Hall–Kier alpha value is -4.20. The Bertz CT molecular complexity index is 1320. The topological polar surface area (TPSA) is 73.0 Å². The zero-order chi connectivity index (χ0) is 26.5. The fraction of sp³-hybridized carbons (Fsp3) is 0.300. The second-order valence-corrected chi connectivity index (χ2v) is 9.69. The number of amides is 3. The molecule has 0 bridgehead atoms. The van der Waals surface area contributed by atoms with Gasteiger partial charge in [0.2, 0.25) is 0 Å². The molecular weight excluding hydrogens is 483 g/mol. The minimum Gasteiger partial charge on any atom is -0.367 e. The summed E-state index contributed by atoms with van der Waals surface area (Å²) in [5, 5.41) is 2.92. The first-order chi connectivity index (χ1) is 18.5. The maximum absolute atomic E-state index is 13.6. The van der Waals surface area contributed by atoms with Crippen molar-refractivity contribution in [1.29, 1.82) is 0 Å². The number of hydrogen-bond donors (Lipinski definition) is 1. The molecule has 0 spiro atoms. The molecule has 2 fully saturated rings. The lowest BCUT2D eigenvalue weighted by Gasteiger charge is -2.37. The molecule has 0 radical (unpaired) electrons. The van der Waals surface area contributed by atoms with Gasteiger partial charge in [-0.2, -0.15) is 0 Å². The van der Waals surface area contributed by atoms with E-state index in [-0.39, 0.29) is 17.7 Å². The molecule has 0 aliphatic carbocycles. The molecule has 3 aromatic rings. The Kier molecular flexibility index (Phi) is 7.67. The number of nitrogens with zero attached hydrogens (tertiary/aromatic N) is 3. The van der Waals surface area contributed by atoms with Gasteiger partial charge in [-0.15, -0.1) is 0 Å². The van der Waals surface area contributed by atoms with E-state index in [9.17, 15) is 18.8 Å². The molecule has 2 heterocycles. The van der Waals surface area contributed by atoms with E-state index in [1.165, 1.54) is 18.2 Å². The number of anilines is 2. The molecule has 0 saturated carbocycles. The summed E-state index contributed by atoms with van der Waals surface area (Å²) in [5.41, 5.74) is 2.76. The van der Waals surface area contributed by atoms with Crippen LogP contribution in [0.15, 0.2) is 72.8 Å². The summed E-state index contributed by atoms with van der Waals surface area (Å²) in [6.07, 6.45) is 3.07. The van der Waals surface area contributed by atoms with E-state index in [4.69, 9.17) is 0 Å². The second kappa shape index (κ2) is 11.5. The zero-order valence-corrected chi connectivity index (χ0v) is 21.2. The predicted molar refractivity (Wildman–Crippen MR) is 145 cm³/mol. The number of rotatable bonds is 5. The largest absolute Gasteiger partial charge is 0.367 e. The number of nitrogens with one attached hydrogen (secondary N) is 1. The summed E-state index contributed by atoms with van der Waals surface area (Å²) in [4.78, 5) is 45.0. The highest BCUT2D eigenvalue weighted by molar-refractivity contribution is 6.06. The highest BCUT2D eigenvalue weighted by Crippen LogP contribution is 2.28. The van der Waals surface area contributed by atoms with Crippen LogP contribution in [-0.4, -0.2) is 66.8 Å². The molecule has 0 atom stereocenters. The van der Waals surface area contributed by atoms with Crippen LogP contribution in [0.1, 0.15) is 50.3 Å². The summed E-state index contributed by atoms with van der Waals surface area (Å²) in [7, 11) is 0. The molecule has 2 saturated heterocycles. The predicted octanol–water partition coefficient (Wildman–Crippen LogP) is 4.67. The summed E-state index contributed by atoms with van der Waals surface area (Å²) >= 11 is 0. The van der Waals surface area contributed by atoms with Gasteiger partial charge < -0.3 is 20.0 Å². The molecule has 3 aromatic carbocycles. The van der Waals surface area contributed by atoms with Crippen molar-refractivity contribution in [2.75, 3.05) is 49.5 Å². The van der Waals surface area contributed by atoms with Crippen molar-refractivity contribution < 1.29 is 18.8 Å². The van der Waals surface area contributed by atoms with Crippen molar-refractivity contribution in [1.82, 2.24) is 9.80 Å². The lowest BCUT2D eigenvalue weighted by atomic mass is 10.0. The maximum atomic E-state index is 13.6. The molecule has 7 nitrogen and oxygen atoms in total. The lowest BCUT2D eigenvalue weighted by Crippen LogP contribution is -2.49. The number of carbonyl (C=O) groups excluding carboxylic acids is 3. The number of piperidine rings is 1. The Balaban J connectivity index is 1.35. The van der Waals surface area contributed by atoms with Gasteiger partial charge in [-0.3, -0.25) is 14.4 Å². The minimum absolute atomic E-state index is 0.0474. The standard InChI is InChI=1S/C30H31FN4O3/c31-24-11-7-10-23(20-24)29(37)35-18-16-33(17-19-35)27-13-12-25(32-28(36)22-8-3-1-4-9-22)21-26(27)30(38)34-14-5-2-6-15-34/h1,3-4,7-13,20-21H,2,5-6,14-19H2,(H,32,36). The van der Waals surface area contributed by atoms with Crippen LogP contribution in [0, 0.1) is 5.82 Å². The van der Waals surface area contributed by atoms with Gasteiger partial charge in [-0.25, -0.2) is 4.39 Å². The van der Waals surface area contributed by atoms with E-state index in [1.807, 2.05) is 35.2 Å². The number of halogens is 1. The van der Waals surface area contributed by atoms with E-state index in [2.05, 4.69) is 10.2 Å². The third-order valence-corrected chi connectivity index (χ3v) is 7.14. The van der Waals surface area contributed by atoms with Crippen molar-refractivity contribution in [3.63, 3.8) is 0 Å². The van der Waals surface area contributed by atoms with E-state index < -0.39 is 5.82 Å². The average molecular weight is 515 g/mol. The van der Waals surface area contributed by atoms with Crippen LogP contribution >= 0.6 is 0 Å². The molecule has 196 valence electrons. The first-order valence-electron chi connectivity index (χ1n) is 13.1. The number of hydrogen-bond acceptors (Lipinski definition) is 4. The van der Waals surface area contributed by atoms with Crippen LogP contribution in [0.3, 0.4) is 0 Å². The van der Waals surface area contributed by atoms with Crippen molar-refractivity contribution in [2.45, 2.75) is 19.3 Å². The Labute approximate surface area is 221 Å². The molecule has 2 aliphatic heterocycles. The molecule has 8 heteroatoms. The Morgan fingerprint density at radius 3 is 2.05 bits per heavy atom. The number of piperazine rings is 1. The first-order valence-corrected chi connectivity index (χ1v) is 13.1. The Morgan fingerprint density at radius 1 is 0.658 bits per heavy atom. The van der Waals surface area contributed by atoms with Crippen LogP contribution < -0.4 is 10.2 Å². The van der Waals surface area contributed by atoms with Gasteiger partial charge in [-0.1, -0.05) is 24.3 Å². The van der Waals surface area contributed by atoms with E-state index in [1.54, 1.807) is 29.2 Å². The van der Waals surface area contributed by atoms with E-state index >= 15 is 0 Å². The van der Waals surface area contributed by atoms with Gasteiger partial charge in [0.1, 0.15) is 5.82 Å². The van der Waals surface area contributed by atoms with Crippen LogP contribution in [-0.2, 0) is 0 Å². The van der Waals surface area contributed by atoms with Gasteiger partial charge in [0.25, 0.3) is 17.7 Å². The second-order valence-electron chi connectivity index (χ2n) is 9.69. The van der Waals surface area contributed by atoms with Crippen molar-refractivity contribution in [2.24, 2.45) is 0 Å². The maximum Gasteiger partial charge on any atom is 0.256 e. The van der Waals surface area contributed by atoms with Gasteiger partial charge in [0.15, 0.2) is 0 Å². The molecule has 0 unspecified atom stereocenters. The van der Waals surface area contributed by atoms with Crippen molar-refractivity contribution >= 4 is 29.1 Å².